The van der Waals surface area contributed by atoms with Crippen LogP contribution < -0.4 is 15.8 Å². The summed E-state index contributed by atoms with van der Waals surface area (Å²) in [5.74, 6) is -3.94. The predicted octanol–water partition coefficient (Wildman–Crippen LogP) is 3.83. The quantitative estimate of drug-likeness (QED) is 0.426. The van der Waals surface area contributed by atoms with Crippen LogP contribution in [0, 0.1) is 0 Å². The fourth-order valence-electron chi connectivity index (χ4n) is 4.19. The van der Waals surface area contributed by atoms with Gasteiger partial charge in [-0.15, -0.1) is 0 Å². The van der Waals surface area contributed by atoms with Crippen LogP contribution in [0.15, 0.2) is 30.6 Å². The van der Waals surface area contributed by atoms with Crippen molar-refractivity contribution in [3.05, 3.63) is 41.7 Å². The van der Waals surface area contributed by atoms with E-state index in [9.17, 15) is 49.1 Å². The molecule has 2 atom stereocenters. The number of benzene rings is 1. The molecule has 1 aromatic carbocycles. The van der Waals surface area contributed by atoms with Crippen LogP contribution in [0.2, 0.25) is 0 Å². The molecular weight excluding hydrogens is 567 g/mol. The van der Waals surface area contributed by atoms with Gasteiger partial charge in [0.1, 0.15) is 30.2 Å². The number of nitrogen functional groups attached to an aromatic ring is 1. The first kappa shape index (κ1) is 28.8. The van der Waals surface area contributed by atoms with Crippen molar-refractivity contribution in [2.24, 2.45) is 0 Å². The Morgan fingerprint density at radius 1 is 1.12 bits per heavy atom. The van der Waals surface area contributed by atoms with Gasteiger partial charge in [-0.2, -0.15) is 40.2 Å². The number of halogens is 9. The van der Waals surface area contributed by atoms with Crippen LogP contribution >= 0.6 is 0 Å². The van der Waals surface area contributed by atoms with Gasteiger partial charge in [-0.05, 0) is 24.3 Å². The van der Waals surface area contributed by atoms with Crippen LogP contribution in [0.5, 0.6) is 5.75 Å². The third-order valence-corrected chi connectivity index (χ3v) is 5.89. The summed E-state index contributed by atoms with van der Waals surface area (Å²) in [6.07, 6.45) is -12.8. The van der Waals surface area contributed by atoms with E-state index in [1.165, 1.54) is 0 Å². The molecule has 1 aliphatic heterocycles. The number of rotatable bonds is 6. The van der Waals surface area contributed by atoms with Crippen LogP contribution in [0.4, 0.5) is 45.3 Å². The summed E-state index contributed by atoms with van der Waals surface area (Å²) in [6.45, 7) is -4.86. The second kappa shape index (κ2) is 10.4. The maximum Gasteiger partial charge on any atom is 0.418 e. The molecule has 2 amide bonds. The minimum Gasteiger partial charge on any atom is -0.434 e. The molecule has 1 fully saturated rings. The Morgan fingerprint density at radius 2 is 1.82 bits per heavy atom. The number of carbonyl (C=O) groups excluding carboxylic acids is 2. The molecule has 1 saturated heterocycles. The van der Waals surface area contributed by atoms with Crippen molar-refractivity contribution in [2.75, 3.05) is 18.8 Å². The van der Waals surface area contributed by atoms with E-state index in [2.05, 4.69) is 20.1 Å². The summed E-state index contributed by atoms with van der Waals surface area (Å²) < 4.78 is 124. The number of fused-ring (bicyclic) bond motifs is 1. The number of amides is 2. The van der Waals surface area contributed by atoms with Gasteiger partial charge in [0, 0.05) is 12.1 Å². The largest absolute Gasteiger partial charge is 0.434 e. The molecule has 2 aromatic heterocycles. The number of nitrogens with two attached hydrogens (primary N) is 1. The van der Waals surface area contributed by atoms with E-state index in [1.807, 2.05) is 0 Å². The molecule has 3 heterocycles. The standard InChI is InChI=1S/C22H17F9N6O3/c23-12-6-36(16(38)5-21(26,27)28)7-13(12)35-19(39)10-3-9(1-2-15(10)40-20(24)25)14-4-11(22(29,30)31)17-18(32)33-8-34-37(14)17/h1-4,8,12-13,20H,5-7H2,(H,35,39)(H2,32,33,34)/t12-,13+/m0/s1. The number of ether oxygens (including phenoxy) is 1. The van der Waals surface area contributed by atoms with Crippen molar-refractivity contribution in [2.45, 2.75) is 37.6 Å². The van der Waals surface area contributed by atoms with Gasteiger partial charge in [-0.3, -0.25) is 9.59 Å². The van der Waals surface area contributed by atoms with E-state index in [1.54, 1.807) is 0 Å². The van der Waals surface area contributed by atoms with E-state index in [0.717, 1.165) is 29.0 Å². The Bertz CT molecular complexity index is 1440. The fraction of sp³-hybridized carbons (Fsp3) is 0.364. The van der Waals surface area contributed by atoms with E-state index >= 15 is 0 Å². The lowest BCUT2D eigenvalue weighted by Gasteiger charge is -2.18. The molecule has 0 radical (unpaired) electrons. The second-order valence-electron chi connectivity index (χ2n) is 8.62. The number of nitrogens with one attached hydrogen (secondary N) is 1. The molecule has 18 heteroatoms. The Kier molecular flexibility index (Phi) is 7.46. The average Bonchev–Trinajstić information content (AvgIpc) is 3.40. The summed E-state index contributed by atoms with van der Waals surface area (Å²) in [6, 6.07) is 1.91. The highest BCUT2D eigenvalue weighted by molar-refractivity contribution is 5.98. The maximum absolute atomic E-state index is 14.5. The molecule has 3 aromatic rings. The number of carbonyl (C=O) groups is 2. The molecule has 1 aliphatic rings. The monoisotopic (exact) mass is 584 g/mol. The zero-order valence-electron chi connectivity index (χ0n) is 19.7. The topological polar surface area (TPSA) is 115 Å². The highest BCUT2D eigenvalue weighted by Gasteiger charge is 2.41. The van der Waals surface area contributed by atoms with E-state index < -0.39 is 90.7 Å². The van der Waals surface area contributed by atoms with Crippen molar-refractivity contribution in [1.82, 2.24) is 24.8 Å². The van der Waals surface area contributed by atoms with E-state index in [-0.39, 0.29) is 11.3 Å². The van der Waals surface area contributed by atoms with E-state index in [4.69, 9.17) is 5.73 Å². The summed E-state index contributed by atoms with van der Waals surface area (Å²) in [5, 5.41) is 5.86. The molecular formula is C22H17F9N6O3. The maximum atomic E-state index is 14.5. The SMILES string of the molecule is Nc1ncnn2c(-c3ccc(OC(F)F)c(C(=O)N[C@@H]4CN(C(=O)CC(F)(F)F)C[C@@H]4F)c3)cc(C(F)(F)F)c12. The Balaban J connectivity index is 1.69. The average molecular weight is 584 g/mol. The number of hydrogen-bond acceptors (Lipinski definition) is 6. The molecule has 0 saturated carbocycles. The number of hydrogen-bond donors (Lipinski definition) is 2. The molecule has 216 valence electrons. The fourth-order valence-corrected chi connectivity index (χ4v) is 4.19. The molecule has 0 unspecified atom stereocenters. The van der Waals surface area contributed by atoms with Crippen molar-refractivity contribution in [3.8, 4) is 17.0 Å². The minimum absolute atomic E-state index is 0.152. The molecule has 3 N–H and O–H groups in total. The second-order valence-corrected chi connectivity index (χ2v) is 8.62. The van der Waals surface area contributed by atoms with Crippen molar-refractivity contribution < 1.29 is 53.8 Å². The van der Waals surface area contributed by atoms with Crippen LogP contribution in [0.1, 0.15) is 22.3 Å². The van der Waals surface area contributed by atoms with Gasteiger partial charge < -0.3 is 20.7 Å². The molecule has 0 spiro atoms. The van der Waals surface area contributed by atoms with Crippen LogP contribution in [-0.2, 0) is 11.0 Å². The molecule has 0 aliphatic carbocycles. The smallest absolute Gasteiger partial charge is 0.418 e. The van der Waals surface area contributed by atoms with Gasteiger partial charge in [0.2, 0.25) is 5.91 Å². The van der Waals surface area contributed by atoms with Gasteiger partial charge in [-0.1, -0.05) is 0 Å². The molecule has 9 nitrogen and oxygen atoms in total. The highest BCUT2D eigenvalue weighted by Crippen LogP contribution is 2.39. The third-order valence-electron chi connectivity index (χ3n) is 5.89. The lowest BCUT2D eigenvalue weighted by atomic mass is 10.1. The third kappa shape index (κ3) is 5.99. The lowest BCUT2D eigenvalue weighted by Crippen LogP contribution is -2.42. The first-order valence-corrected chi connectivity index (χ1v) is 11.1. The lowest BCUT2D eigenvalue weighted by molar-refractivity contribution is -0.160. The minimum atomic E-state index is -4.91. The van der Waals surface area contributed by atoms with Crippen LogP contribution in [0.3, 0.4) is 0 Å². The van der Waals surface area contributed by atoms with Gasteiger partial charge in [-0.25, -0.2) is 13.9 Å². The van der Waals surface area contributed by atoms with Gasteiger partial charge in [0.15, 0.2) is 5.82 Å². The predicted molar refractivity (Wildman–Crippen MR) is 118 cm³/mol. The summed E-state index contributed by atoms with van der Waals surface area (Å²) in [7, 11) is 0. The van der Waals surface area contributed by atoms with Gasteiger partial charge >= 0.3 is 19.0 Å². The number of anilines is 1. The van der Waals surface area contributed by atoms with Crippen LogP contribution in [-0.4, -0.2) is 69.4 Å². The Morgan fingerprint density at radius 3 is 2.45 bits per heavy atom. The highest BCUT2D eigenvalue weighted by atomic mass is 19.4. The van der Waals surface area contributed by atoms with Crippen LogP contribution in [0.25, 0.3) is 16.8 Å². The first-order valence-electron chi connectivity index (χ1n) is 11.1. The number of aromatic nitrogens is 3. The summed E-state index contributed by atoms with van der Waals surface area (Å²) in [5.41, 5.74) is 2.67. The van der Waals surface area contributed by atoms with E-state index in [0.29, 0.717) is 11.0 Å². The number of alkyl halides is 9. The molecule has 0 bridgehead atoms. The number of likely N-dealkylation sites (tertiary alicyclic amines) is 1. The summed E-state index contributed by atoms with van der Waals surface area (Å²) >= 11 is 0. The Labute approximate surface area is 217 Å². The number of nitrogens with zero attached hydrogens (tertiary/aromatic N) is 4. The van der Waals surface area contributed by atoms with Crippen molar-refractivity contribution >= 4 is 23.1 Å². The zero-order chi connectivity index (χ0) is 29.6. The summed E-state index contributed by atoms with van der Waals surface area (Å²) in [4.78, 5) is 28.9. The van der Waals surface area contributed by atoms with Crippen molar-refractivity contribution in [1.29, 1.82) is 0 Å². The van der Waals surface area contributed by atoms with Gasteiger partial charge in [0.25, 0.3) is 5.91 Å². The molecule has 40 heavy (non-hydrogen) atoms. The molecule has 4 rings (SSSR count). The zero-order valence-corrected chi connectivity index (χ0v) is 19.7. The first-order chi connectivity index (χ1) is 18.5. The normalized spacial score (nSPS) is 18.0. The van der Waals surface area contributed by atoms with Crippen molar-refractivity contribution in [3.63, 3.8) is 0 Å². The van der Waals surface area contributed by atoms with Gasteiger partial charge in [0.05, 0.1) is 29.4 Å². The Hall–Kier alpha value is -4.25.